The van der Waals surface area contributed by atoms with Crippen molar-refractivity contribution >= 4 is 21.6 Å². The summed E-state index contributed by atoms with van der Waals surface area (Å²) in [6.45, 7) is -0.0873. The van der Waals surface area contributed by atoms with Crippen molar-refractivity contribution in [1.29, 1.82) is 4.78 Å². The van der Waals surface area contributed by atoms with Gasteiger partial charge in [-0.05, 0) is 40.0 Å². The van der Waals surface area contributed by atoms with Gasteiger partial charge in [-0.1, -0.05) is 6.07 Å². The van der Waals surface area contributed by atoms with E-state index in [0.717, 1.165) is 11.1 Å². The second kappa shape index (κ2) is 8.18. The minimum atomic E-state index is -2.93. The zero-order chi connectivity index (χ0) is 20.3. The highest BCUT2D eigenvalue weighted by Crippen LogP contribution is 2.36. The highest BCUT2D eigenvalue weighted by molar-refractivity contribution is 7.89. The summed E-state index contributed by atoms with van der Waals surface area (Å²) in [6.07, 6.45) is 0.815. The van der Waals surface area contributed by atoms with Crippen LogP contribution in [0.5, 0.6) is 0 Å². The molecule has 3 rings (SSSR count). The fourth-order valence-corrected chi connectivity index (χ4v) is 3.18. The first-order chi connectivity index (χ1) is 13.3. The highest BCUT2D eigenvalue weighted by Gasteiger charge is 2.28. The molecule has 1 aliphatic rings. The molecule has 3 atom stereocenters. The summed E-state index contributed by atoms with van der Waals surface area (Å²) in [5.41, 5.74) is 3.71. The van der Waals surface area contributed by atoms with Gasteiger partial charge in [0.05, 0.1) is 12.1 Å². The van der Waals surface area contributed by atoms with Gasteiger partial charge in [0.25, 0.3) is 0 Å². The number of anilines is 1. The van der Waals surface area contributed by atoms with Gasteiger partial charge in [-0.25, -0.2) is 22.7 Å². The minimum Gasteiger partial charge on any atom is -0.390 e. The first-order valence-electron chi connectivity index (χ1n) is 8.26. The lowest BCUT2D eigenvalue weighted by molar-refractivity contribution is 0.191. The third kappa shape index (κ3) is 4.81. The maximum atomic E-state index is 13.4. The zero-order valence-corrected chi connectivity index (χ0v) is 15.7. The van der Waals surface area contributed by atoms with E-state index >= 15 is 0 Å². The molecular formula is C15H20FN7O4S. The number of amidine groups is 1. The predicted molar refractivity (Wildman–Crippen MR) is 97.9 cm³/mol. The number of hydrogen-bond acceptors (Lipinski definition) is 9. The average molecular weight is 413 g/mol. The largest absolute Gasteiger partial charge is 0.390 e. The number of aliphatic hydroxyl groups excluding tert-OH is 1. The number of hydroxylamine groups is 1. The molecule has 152 valence electrons. The third-order valence-corrected chi connectivity index (χ3v) is 4.80. The van der Waals surface area contributed by atoms with Crippen molar-refractivity contribution in [2.75, 3.05) is 24.7 Å². The molecule has 11 nitrogen and oxygen atoms in total. The quantitative estimate of drug-likeness (QED) is 0.202. The summed E-state index contributed by atoms with van der Waals surface area (Å²) >= 11 is 0. The number of aliphatic imine (C=N–C) groups is 1. The predicted octanol–water partition coefficient (Wildman–Crippen LogP) is 0.185. The Kier molecular flexibility index (Phi) is 5.88. The van der Waals surface area contributed by atoms with E-state index in [1.807, 2.05) is 5.48 Å². The van der Waals surface area contributed by atoms with Crippen molar-refractivity contribution in [3.05, 3.63) is 40.8 Å². The molecule has 1 aromatic carbocycles. The van der Waals surface area contributed by atoms with Crippen molar-refractivity contribution < 1.29 is 23.5 Å². The Bertz CT molecular complexity index is 979. The van der Waals surface area contributed by atoms with Crippen molar-refractivity contribution in [1.82, 2.24) is 20.5 Å². The number of hydrogen-bond donors (Lipinski definition) is 6. The van der Waals surface area contributed by atoms with Gasteiger partial charge < -0.3 is 10.4 Å². The Labute approximate surface area is 160 Å². The van der Waals surface area contributed by atoms with Crippen LogP contribution in [0.15, 0.2) is 27.8 Å². The summed E-state index contributed by atoms with van der Waals surface area (Å²) in [5.74, 6) is -0.283. The SMILES string of the molecule is CS(=N)(=O)NCC(O)CNc1nonc1C(=N[C@H]1Cc2ccc(F)cc21)NO. The monoisotopic (exact) mass is 413 g/mol. The molecular weight excluding hydrogens is 393 g/mol. The van der Waals surface area contributed by atoms with Crippen LogP contribution in [0.1, 0.15) is 22.9 Å². The van der Waals surface area contributed by atoms with Crippen LogP contribution in [0.25, 0.3) is 0 Å². The summed E-state index contributed by atoms with van der Waals surface area (Å²) < 4.78 is 39.0. The van der Waals surface area contributed by atoms with Crippen LogP contribution in [0, 0.1) is 10.6 Å². The first kappa shape index (κ1) is 20.1. The molecule has 2 unspecified atom stereocenters. The van der Waals surface area contributed by atoms with Crippen LogP contribution in [0.2, 0.25) is 0 Å². The molecule has 1 aliphatic carbocycles. The van der Waals surface area contributed by atoms with Crippen molar-refractivity contribution in [2.45, 2.75) is 18.6 Å². The molecule has 0 bridgehead atoms. The number of rotatable bonds is 8. The normalized spacial score (nSPS) is 19.3. The Balaban J connectivity index is 1.67. The summed E-state index contributed by atoms with van der Waals surface area (Å²) in [7, 11) is -2.93. The number of aliphatic hydroxyl groups is 1. The minimum absolute atomic E-state index is 0.0140. The summed E-state index contributed by atoms with van der Waals surface area (Å²) in [5, 5.41) is 29.4. The molecule has 0 amide bonds. The topological polar surface area (TPSA) is 169 Å². The fraction of sp³-hybridized carbons (Fsp3) is 0.400. The van der Waals surface area contributed by atoms with Gasteiger partial charge in [-0.3, -0.25) is 15.7 Å². The third-order valence-electron chi connectivity index (χ3n) is 4.08. The molecule has 13 heteroatoms. The number of nitrogens with one attached hydrogen (secondary N) is 4. The van der Waals surface area contributed by atoms with E-state index < -0.39 is 16.0 Å². The summed E-state index contributed by atoms with van der Waals surface area (Å²) in [4.78, 5) is 4.33. The van der Waals surface area contributed by atoms with Crippen LogP contribution >= 0.6 is 0 Å². The smallest absolute Gasteiger partial charge is 0.202 e. The molecule has 2 aromatic rings. The number of nitrogens with zero attached hydrogens (tertiary/aromatic N) is 3. The molecule has 0 aliphatic heterocycles. The van der Waals surface area contributed by atoms with Gasteiger partial charge in [0, 0.05) is 19.3 Å². The fourth-order valence-electron chi connectivity index (χ4n) is 2.66. The van der Waals surface area contributed by atoms with Crippen LogP contribution < -0.4 is 15.5 Å². The lowest BCUT2D eigenvalue weighted by Crippen LogP contribution is -2.35. The number of fused-ring (bicyclic) bond motifs is 1. The van der Waals surface area contributed by atoms with E-state index in [2.05, 4.69) is 30.0 Å². The molecule has 0 spiro atoms. The van der Waals surface area contributed by atoms with Crippen LogP contribution in [-0.2, 0) is 16.3 Å². The molecule has 0 saturated carbocycles. The first-order valence-corrected chi connectivity index (χ1v) is 10.2. The molecule has 0 radical (unpaired) electrons. The maximum Gasteiger partial charge on any atom is 0.202 e. The standard InChI is InChI=1S/C15H20FN7O4S/c1-28(17,26)19-7-10(24)6-18-14-13(22-27-23-14)15(21-25)20-12-4-8-2-3-9(16)5-11(8)12/h2-3,5,10,12,24-25H,4,6-7H2,1H3,(H,18,23)(H,20,21)(H2,17,19,26)/t10?,12-,28?/m0/s1. The van der Waals surface area contributed by atoms with Crippen LogP contribution in [0.4, 0.5) is 10.2 Å². The van der Waals surface area contributed by atoms with Crippen LogP contribution in [-0.4, -0.2) is 56.1 Å². The average Bonchev–Trinajstić information content (AvgIpc) is 3.09. The van der Waals surface area contributed by atoms with Crippen LogP contribution in [0.3, 0.4) is 0 Å². The Hall–Kier alpha value is -2.61. The van der Waals surface area contributed by atoms with Crippen molar-refractivity contribution in [3.8, 4) is 0 Å². The lowest BCUT2D eigenvalue weighted by atomic mass is 9.83. The van der Waals surface area contributed by atoms with Gasteiger partial charge in [0.15, 0.2) is 11.5 Å². The number of benzene rings is 1. The second-order valence-electron chi connectivity index (χ2n) is 6.34. The molecule has 6 N–H and O–H groups in total. The Morgan fingerprint density at radius 1 is 1.50 bits per heavy atom. The van der Waals surface area contributed by atoms with Gasteiger partial charge in [-0.15, -0.1) is 0 Å². The highest BCUT2D eigenvalue weighted by atomic mass is 32.2. The summed E-state index contributed by atoms with van der Waals surface area (Å²) in [6, 6.07) is 4.11. The van der Waals surface area contributed by atoms with E-state index in [0.29, 0.717) is 6.42 Å². The van der Waals surface area contributed by atoms with Gasteiger partial charge in [0.1, 0.15) is 15.7 Å². The van der Waals surface area contributed by atoms with Gasteiger partial charge >= 0.3 is 0 Å². The number of aromatic nitrogens is 2. The second-order valence-corrected chi connectivity index (χ2v) is 8.32. The van der Waals surface area contributed by atoms with E-state index in [1.54, 1.807) is 6.07 Å². The van der Waals surface area contributed by atoms with E-state index in [-0.39, 0.29) is 42.3 Å². The lowest BCUT2D eigenvalue weighted by Gasteiger charge is -2.27. The van der Waals surface area contributed by atoms with Crippen molar-refractivity contribution in [2.24, 2.45) is 4.99 Å². The Morgan fingerprint density at radius 2 is 2.29 bits per heavy atom. The molecule has 0 saturated heterocycles. The number of halogens is 1. The van der Waals surface area contributed by atoms with E-state index in [9.17, 15) is 18.9 Å². The van der Waals surface area contributed by atoms with Crippen molar-refractivity contribution in [3.63, 3.8) is 0 Å². The van der Waals surface area contributed by atoms with E-state index in [1.165, 1.54) is 18.4 Å². The van der Waals surface area contributed by atoms with Gasteiger partial charge in [-0.2, -0.15) is 0 Å². The van der Waals surface area contributed by atoms with Gasteiger partial charge in [0.2, 0.25) is 5.82 Å². The molecule has 0 fully saturated rings. The zero-order valence-electron chi connectivity index (χ0n) is 14.8. The molecule has 1 heterocycles. The Morgan fingerprint density at radius 3 is 3.00 bits per heavy atom. The molecule has 1 aromatic heterocycles. The van der Waals surface area contributed by atoms with E-state index in [4.69, 9.17) is 4.78 Å². The molecule has 28 heavy (non-hydrogen) atoms. The maximum absolute atomic E-state index is 13.4.